The van der Waals surface area contributed by atoms with Crippen LogP contribution in [0, 0.1) is 5.41 Å². The summed E-state index contributed by atoms with van der Waals surface area (Å²) in [5.41, 5.74) is 5.92. The maximum absolute atomic E-state index is 8.04. The first-order valence-electron chi connectivity index (χ1n) is 7.00. The molecule has 0 saturated heterocycles. The van der Waals surface area contributed by atoms with Crippen molar-refractivity contribution in [3.8, 4) is 0 Å². The van der Waals surface area contributed by atoms with E-state index in [2.05, 4.69) is 4.99 Å². The van der Waals surface area contributed by atoms with Gasteiger partial charge in [0.1, 0.15) is 0 Å². The molecule has 0 atom stereocenters. The van der Waals surface area contributed by atoms with Gasteiger partial charge < -0.3 is 15.5 Å². The van der Waals surface area contributed by atoms with Gasteiger partial charge in [0.25, 0.3) is 0 Å². The fourth-order valence-electron chi connectivity index (χ4n) is 2.45. The summed E-state index contributed by atoms with van der Waals surface area (Å²) in [4.78, 5) is 8.15. The Morgan fingerprint density at radius 2 is 1.78 bits per heavy atom. The Labute approximate surface area is 111 Å². The maximum Gasteiger partial charge on any atom is 0.221 e. The van der Waals surface area contributed by atoms with Gasteiger partial charge >= 0.3 is 0 Å². The molecule has 18 heavy (non-hydrogen) atoms. The summed E-state index contributed by atoms with van der Waals surface area (Å²) < 4.78 is 0. The Morgan fingerprint density at radius 1 is 1.22 bits per heavy atom. The van der Waals surface area contributed by atoms with E-state index in [0.717, 1.165) is 13.1 Å². The predicted octanol–water partition coefficient (Wildman–Crippen LogP) is 1.84. The largest absolute Gasteiger partial charge is 0.369 e. The van der Waals surface area contributed by atoms with E-state index in [4.69, 9.17) is 11.1 Å². The Morgan fingerprint density at radius 3 is 2.28 bits per heavy atom. The normalized spacial score (nSPS) is 17.6. The van der Waals surface area contributed by atoms with Gasteiger partial charge in [-0.3, -0.25) is 5.41 Å². The zero-order valence-electron chi connectivity index (χ0n) is 11.9. The lowest BCUT2D eigenvalue weighted by molar-refractivity contribution is 0.275. The van der Waals surface area contributed by atoms with Crippen molar-refractivity contribution in [3.05, 3.63) is 0 Å². The number of nitrogens with two attached hydrogens (primary N) is 1. The second-order valence-electron chi connectivity index (χ2n) is 4.87. The number of hydrogen-bond donors (Lipinski definition) is 2. The molecule has 1 saturated carbocycles. The van der Waals surface area contributed by atoms with Crippen LogP contribution in [0.4, 0.5) is 0 Å². The smallest absolute Gasteiger partial charge is 0.221 e. The maximum atomic E-state index is 8.04. The Balaban J connectivity index is 2.59. The summed E-state index contributed by atoms with van der Waals surface area (Å²) >= 11 is 0. The molecule has 5 nitrogen and oxygen atoms in total. The highest BCUT2D eigenvalue weighted by atomic mass is 15.3. The second-order valence-corrected chi connectivity index (χ2v) is 4.87. The second kappa shape index (κ2) is 7.24. The van der Waals surface area contributed by atoms with Crippen LogP contribution < -0.4 is 5.73 Å². The van der Waals surface area contributed by atoms with Crippen molar-refractivity contribution in [1.82, 2.24) is 9.80 Å². The van der Waals surface area contributed by atoms with Crippen molar-refractivity contribution < 1.29 is 0 Å². The number of nitrogens with zero attached hydrogens (tertiary/aromatic N) is 3. The van der Waals surface area contributed by atoms with Gasteiger partial charge in [-0.25, -0.2) is 0 Å². The van der Waals surface area contributed by atoms with E-state index in [1.165, 1.54) is 32.1 Å². The van der Waals surface area contributed by atoms with Gasteiger partial charge in [0, 0.05) is 26.2 Å². The Kier molecular flexibility index (Phi) is 5.95. The van der Waals surface area contributed by atoms with Crippen LogP contribution in [-0.4, -0.2) is 47.9 Å². The minimum absolute atomic E-state index is 0.284. The van der Waals surface area contributed by atoms with E-state index in [1.54, 1.807) is 0 Å². The summed E-state index contributed by atoms with van der Waals surface area (Å²) in [7, 11) is 1.96. The standard InChI is InChI=1S/C13H27N5/c1-4-18(5-2)13(15)16-12(14)17(3)11-9-7-6-8-10-11/h11H,4-10H2,1-3H3,(H3,14,15,16). The lowest BCUT2D eigenvalue weighted by atomic mass is 9.95. The molecule has 1 rings (SSSR count). The van der Waals surface area contributed by atoms with Crippen molar-refractivity contribution in [2.45, 2.75) is 52.0 Å². The molecule has 0 heterocycles. The fraction of sp³-hybridized carbons (Fsp3) is 0.846. The van der Waals surface area contributed by atoms with Crippen LogP contribution >= 0.6 is 0 Å². The summed E-state index contributed by atoms with van der Waals surface area (Å²) in [6.45, 7) is 5.74. The van der Waals surface area contributed by atoms with Crippen LogP contribution in [0.1, 0.15) is 46.0 Å². The van der Waals surface area contributed by atoms with Crippen LogP contribution in [0.5, 0.6) is 0 Å². The molecule has 104 valence electrons. The zero-order valence-corrected chi connectivity index (χ0v) is 11.9. The molecule has 0 unspecified atom stereocenters. The van der Waals surface area contributed by atoms with E-state index in [-0.39, 0.29) is 5.96 Å². The van der Waals surface area contributed by atoms with Crippen LogP contribution in [0.2, 0.25) is 0 Å². The third-order valence-corrected chi connectivity index (χ3v) is 3.76. The minimum atomic E-state index is 0.284. The van der Waals surface area contributed by atoms with E-state index in [0.29, 0.717) is 12.0 Å². The van der Waals surface area contributed by atoms with Crippen LogP contribution in [0.25, 0.3) is 0 Å². The SMILES string of the molecule is CCN(CC)C(N)=NC(=N)N(C)C1CCCCC1. The molecular formula is C13H27N5. The average molecular weight is 253 g/mol. The van der Waals surface area contributed by atoms with Gasteiger partial charge in [-0.15, -0.1) is 0 Å². The first-order chi connectivity index (χ1) is 8.60. The summed E-state index contributed by atoms with van der Waals surface area (Å²) in [6.07, 6.45) is 6.18. The monoisotopic (exact) mass is 253 g/mol. The number of hydrogen-bond acceptors (Lipinski definition) is 1. The lowest BCUT2D eigenvalue weighted by Crippen LogP contribution is -2.41. The average Bonchev–Trinajstić information content (AvgIpc) is 2.40. The molecule has 1 aliphatic rings. The first-order valence-corrected chi connectivity index (χ1v) is 7.00. The molecular weight excluding hydrogens is 226 g/mol. The van der Waals surface area contributed by atoms with E-state index >= 15 is 0 Å². The number of guanidine groups is 2. The molecule has 1 aliphatic carbocycles. The molecule has 0 spiro atoms. The molecule has 0 aliphatic heterocycles. The van der Waals surface area contributed by atoms with Gasteiger partial charge in [0.15, 0.2) is 5.96 Å². The van der Waals surface area contributed by atoms with Crippen molar-refractivity contribution in [2.75, 3.05) is 20.1 Å². The zero-order chi connectivity index (χ0) is 13.5. The van der Waals surface area contributed by atoms with Gasteiger partial charge in [-0.05, 0) is 26.7 Å². The van der Waals surface area contributed by atoms with Crippen molar-refractivity contribution >= 4 is 11.9 Å². The topological polar surface area (TPSA) is 68.7 Å². The third kappa shape index (κ3) is 3.89. The molecule has 0 radical (unpaired) electrons. The molecule has 1 fully saturated rings. The number of nitrogens with one attached hydrogen (secondary N) is 1. The number of rotatable bonds is 3. The highest BCUT2D eigenvalue weighted by molar-refractivity contribution is 5.92. The molecule has 3 N–H and O–H groups in total. The van der Waals surface area contributed by atoms with Crippen molar-refractivity contribution in [2.24, 2.45) is 10.7 Å². The van der Waals surface area contributed by atoms with E-state index in [9.17, 15) is 0 Å². The Hall–Kier alpha value is -1.26. The van der Waals surface area contributed by atoms with Crippen molar-refractivity contribution in [1.29, 1.82) is 5.41 Å². The van der Waals surface area contributed by atoms with Gasteiger partial charge in [0.05, 0.1) is 0 Å². The summed E-state index contributed by atoms with van der Waals surface area (Å²) in [6, 6.07) is 0.458. The van der Waals surface area contributed by atoms with Gasteiger partial charge in [0.2, 0.25) is 5.96 Å². The minimum Gasteiger partial charge on any atom is -0.369 e. The summed E-state index contributed by atoms with van der Waals surface area (Å²) in [5, 5.41) is 8.04. The highest BCUT2D eigenvalue weighted by Crippen LogP contribution is 2.21. The molecule has 5 heteroatoms. The van der Waals surface area contributed by atoms with Gasteiger partial charge in [-0.2, -0.15) is 4.99 Å². The van der Waals surface area contributed by atoms with E-state index < -0.39 is 0 Å². The van der Waals surface area contributed by atoms with Gasteiger partial charge in [-0.1, -0.05) is 19.3 Å². The molecule has 0 amide bonds. The molecule has 0 aromatic heterocycles. The highest BCUT2D eigenvalue weighted by Gasteiger charge is 2.20. The Bertz CT molecular complexity index is 290. The van der Waals surface area contributed by atoms with E-state index in [1.807, 2.05) is 30.7 Å². The third-order valence-electron chi connectivity index (χ3n) is 3.76. The number of aliphatic imine (C=N–C) groups is 1. The fourth-order valence-corrected chi connectivity index (χ4v) is 2.45. The summed E-state index contributed by atoms with van der Waals surface area (Å²) in [5.74, 6) is 0.735. The molecule has 0 aromatic rings. The molecule has 0 bridgehead atoms. The van der Waals surface area contributed by atoms with Crippen molar-refractivity contribution in [3.63, 3.8) is 0 Å². The lowest BCUT2D eigenvalue weighted by Gasteiger charge is -2.31. The molecule has 0 aromatic carbocycles. The predicted molar refractivity (Wildman–Crippen MR) is 76.9 cm³/mol. The first kappa shape index (κ1) is 14.8. The quantitative estimate of drug-likeness (QED) is 0.595. The van der Waals surface area contributed by atoms with Crippen LogP contribution in [-0.2, 0) is 0 Å². The van der Waals surface area contributed by atoms with Crippen LogP contribution in [0.15, 0.2) is 4.99 Å². The van der Waals surface area contributed by atoms with Crippen LogP contribution in [0.3, 0.4) is 0 Å².